The molecule has 0 atom stereocenters. The number of hydrogen-bond donors (Lipinski definition) is 2. The number of aryl methyl sites for hydroxylation is 1. The van der Waals surface area contributed by atoms with Gasteiger partial charge in [-0.15, -0.1) is 0 Å². The smallest absolute Gasteiger partial charge is 0.257 e. The fraction of sp³-hybridized carbons (Fsp3) is 0.208. The van der Waals surface area contributed by atoms with Crippen LogP contribution in [0.1, 0.15) is 52.0 Å². The summed E-state index contributed by atoms with van der Waals surface area (Å²) in [5.74, 6) is -0.535. The zero-order valence-corrected chi connectivity index (χ0v) is 18.2. The van der Waals surface area contributed by atoms with Crippen LogP contribution in [-0.4, -0.2) is 31.6 Å². The monoisotopic (exact) mass is 428 g/mol. The zero-order chi connectivity index (χ0) is 22.7. The topological polar surface area (TPSA) is 102 Å². The Morgan fingerprint density at radius 1 is 1.06 bits per heavy atom. The molecule has 8 nitrogen and oxygen atoms in total. The van der Waals surface area contributed by atoms with Crippen molar-refractivity contribution >= 4 is 28.5 Å². The minimum absolute atomic E-state index is 0.172. The average molecular weight is 428 g/mol. The van der Waals surface area contributed by atoms with Crippen LogP contribution in [0.2, 0.25) is 0 Å². The Labute approximate surface area is 185 Å². The second kappa shape index (κ2) is 8.97. The maximum atomic E-state index is 12.9. The van der Waals surface area contributed by atoms with E-state index in [1.54, 1.807) is 49.6 Å². The van der Waals surface area contributed by atoms with Crippen molar-refractivity contribution in [3.63, 3.8) is 0 Å². The van der Waals surface area contributed by atoms with Crippen LogP contribution in [0, 0.1) is 6.92 Å². The Morgan fingerprint density at radius 2 is 1.91 bits per heavy atom. The summed E-state index contributed by atoms with van der Waals surface area (Å²) in [5.41, 5.74) is 3.57. The molecule has 0 saturated carbocycles. The summed E-state index contributed by atoms with van der Waals surface area (Å²) in [6.45, 7) is 6.19. The number of nitrogens with zero attached hydrogens (tertiary/aromatic N) is 4. The predicted molar refractivity (Wildman–Crippen MR) is 122 cm³/mol. The SMILES string of the molecule is Cc1nc2c(cnn2C(C)C)cc1C(=O)Nc1cccc(C(=O)NCc2ccccn2)c1. The van der Waals surface area contributed by atoms with E-state index in [1.807, 2.05) is 36.7 Å². The van der Waals surface area contributed by atoms with Crippen LogP contribution in [0.3, 0.4) is 0 Å². The Hall–Kier alpha value is -4.07. The van der Waals surface area contributed by atoms with E-state index in [0.29, 0.717) is 29.1 Å². The van der Waals surface area contributed by atoms with Gasteiger partial charge < -0.3 is 10.6 Å². The molecule has 2 amide bonds. The van der Waals surface area contributed by atoms with Crippen LogP contribution in [0.4, 0.5) is 5.69 Å². The lowest BCUT2D eigenvalue weighted by Crippen LogP contribution is -2.23. The fourth-order valence-corrected chi connectivity index (χ4v) is 3.39. The summed E-state index contributed by atoms with van der Waals surface area (Å²) in [6.07, 6.45) is 3.39. The van der Waals surface area contributed by atoms with E-state index in [9.17, 15) is 9.59 Å². The molecule has 0 unspecified atom stereocenters. The minimum Gasteiger partial charge on any atom is -0.346 e. The number of fused-ring (bicyclic) bond motifs is 1. The maximum absolute atomic E-state index is 12.9. The summed E-state index contributed by atoms with van der Waals surface area (Å²) in [4.78, 5) is 34.2. The Kier molecular flexibility index (Phi) is 5.93. The fourth-order valence-electron chi connectivity index (χ4n) is 3.39. The summed E-state index contributed by atoms with van der Waals surface area (Å²) >= 11 is 0. The van der Waals surface area contributed by atoms with Gasteiger partial charge in [-0.1, -0.05) is 12.1 Å². The second-order valence-electron chi connectivity index (χ2n) is 7.76. The van der Waals surface area contributed by atoms with Crippen LogP contribution in [-0.2, 0) is 6.54 Å². The molecule has 0 bridgehead atoms. The van der Waals surface area contributed by atoms with E-state index >= 15 is 0 Å². The third-order valence-electron chi connectivity index (χ3n) is 5.03. The third-order valence-corrected chi connectivity index (χ3v) is 5.03. The maximum Gasteiger partial charge on any atom is 0.257 e. The van der Waals surface area contributed by atoms with E-state index in [1.165, 1.54) is 0 Å². The normalized spacial score (nSPS) is 11.0. The van der Waals surface area contributed by atoms with Crippen molar-refractivity contribution in [2.75, 3.05) is 5.32 Å². The van der Waals surface area contributed by atoms with Gasteiger partial charge >= 0.3 is 0 Å². The van der Waals surface area contributed by atoms with Gasteiger partial charge in [0.05, 0.1) is 29.7 Å². The second-order valence-corrected chi connectivity index (χ2v) is 7.76. The van der Waals surface area contributed by atoms with Crippen molar-refractivity contribution in [3.05, 3.63) is 83.4 Å². The molecule has 2 N–H and O–H groups in total. The molecule has 4 aromatic rings. The summed E-state index contributed by atoms with van der Waals surface area (Å²) in [7, 11) is 0. The van der Waals surface area contributed by atoms with E-state index < -0.39 is 0 Å². The van der Waals surface area contributed by atoms with Gasteiger partial charge in [-0.05, 0) is 57.2 Å². The lowest BCUT2D eigenvalue weighted by Gasteiger charge is -2.11. The number of anilines is 1. The first-order valence-corrected chi connectivity index (χ1v) is 10.4. The van der Waals surface area contributed by atoms with Crippen molar-refractivity contribution in [1.29, 1.82) is 0 Å². The number of pyridine rings is 2. The molecule has 0 radical (unpaired) electrons. The van der Waals surface area contributed by atoms with Gasteiger partial charge in [0.2, 0.25) is 0 Å². The highest BCUT2D eigenvalue weighted by molar-refractivity contribution is 6.07. The van der Waals surface area contributed by atoms with Crippen LogP contribution in [0.5, 0.6) is 0 Å². The number of rotatable bonds is 6. The van der Waals surface area contributed by atoms with Crippen LogP contribution < -0.4 is 10.6 Å². The summed E-state index contributed by atoms with van der Waals surface area (Å²) in [5, 5.41) is 10.9. The van der Waals surface area contributed by atoms with E-state index in [4.69, 9.17) is 0 Å². The standard InChI is InChI=1S/C24H24N6O2/c1-15(2)30-22-18(13-27-30)12-21(16(3)28-22)24(32)29-19-9-6-7-17(11-19)23(31)26-14-20-8-4-5-10-25-20/h4-13,15H,14H2,1-3H3,(H,26,31)(H,29,32). The molecular formula is C24H24N6O2. The lowest BCUT2D eigenvalue weighted by molar-refractivity contribution is 0.0949. The molecule has 162 valence electrons. The Bertz CT molecular complexity index is 1280. The van der Waals surface area contributed by atoms with Gasteiger partial charge in [-0.3, -0.25) is 14.6 Å². The number of carbonyl (C=O) groups excluding carboxylic acids is 2. The molecule has 32 heavy (non-hydrogen) atoms. The molecule has 0 spiro atoms. The molecule has 4 rings (SSSR count). The van der Waals surface area contributed by atoms with Crippen LogP contribution >= 0.6 is 0 Å². The number of hydrogen-bond acceptors (Lipinski definition) is 5. The van der Waals surface area contributed by atoms with Crippen LogP contribution in [0.15, 0.2) is 60.9 Å². The van der Waals surface area contributed by atoms with Gasteiger partial charge in [-0.25, -0.2) is 9.67 Å². The summed E-state index contributed by atoms with van der Waals surface area (Å²) in [6, 6.07) is 14.3. The lowest BCUT2D eigenvalue weighted by atomic mass is 10.1. The van der Waals surface area contributed by atoms with E-state index in [0.717, 1.165) is 16.7 Å². The van der Waals surface area contributed by atoms with Crippen molar-refractivity contribution < 1.29 is 9.59 Å². The number of carbonyl (C=O) groups is 2. The molecule has 0 saturated heterocycles. The Balaban J connectivity index is 1.49. The molecule has 1 aromatic carbocycles. The first-order chi connectivity index (χ1) is 15.4. The molecule has 0 aliphatic rings. The first-order valence-electron chi connectivity index (χ1n) is 10.4. The summed E-state index contributed by atoms with van der Waals surface area (Å²) < 4.78 is 1.83. The van der Waals surface area contributed by atoms with Gasteiger partial charge in [-0.2, -0.15) is 5.10 Å². The van der Waals surface area contributed by atoms with Crippen molar-refractivity contribution in [3.8, 4) is 0 Å². The van der Waals surface area contributed by atoms with Crippen LogP contribution in [0.25, 0.3) is 11.0 Å². The molecule has 3 aromatic heterocycles. The number of nitrogens with one attached hydrogen (secondary N) is 2. The zero-order valence-electron chi connectivity index (χ0n) is 18.2. The van der Waals surface area contributed by atoms with E-state index in [2.05, 4.69) is 25.7 Å². The van der Waals surface area contributed by atoms with Gasteiger partial charge in [0.1, 0.15) is 0 Å². The Morgan fingerprint density at radius 3 is 2.66 bits per heavy atom. The highest BCUT2D eigenvalue weighted by atomic mass is 16.2. The highest BCUT2D eigenvalue weighted by Crippen LogP contribution is 2.20. The van der Waals surface area contributed by atoms with Crippen molar-refractivity contribution in [2.24, 2.45) is 0 Å². The number of amides is 2. The van der Waals surface area contributed by atoms with Crippen molar-refractivity contribution in [1.82, 2.24) is 25.1 Å². The third kappa shape index (κ3) is 4.49. The average Bonchev–Trinajstić information content (AvgIpc) is 3.20. The largest absolute Gasteiger partial charge is 0.346 e. The van der Waals surface area contributed by atoms with Crippen molar-refractivity contribution in [2.45, 2.75) is 33.4 Å². The van der Waals surface area contributed by atoms with Gasteiger partial charge in [0.15, 0.2) is 5.65 Å². The van der Waals surface area contributed by atoms with Gasteiger partial charge in [0, 0.05) is 28.9 Å². The molecule has 0 aliphatic heterocycles. The van der Waals surface area contributed by atoms with E-state index in [-0.39, 0.29) is 17.9 Å². The molecule has 0 fully saturated rings. The quantitative estimate of drug-likeness (QED) is 0.485. The molecule has 3 heterocycles. The molecule has 8 heteroatoms. The minimum atomic E-state index is -0.291. The van der Waals surface area contributed by atoms with Gasteiger partial charge in [0.25, 0.3) is 11.8 Å². The predicted octanol–water partition coefficient (Wildman–Crippen LogP) is 3.90. The molecule has 0 aliphatic carbocycles. The number of benzene rings is 1. The number of aromatic nitrogens is 4. The highest BCUT2D eigenvalue weighted by Gasteiger charge is 2.16. The molecular weight excluding hydrogens is 404 g/mol. The first kappa shape index (κ1) is 21.2.